The normalized spacial score (nSPS) is 15.6. The molecule has 0 spiro atoms. The Hall–Kier alpha value is -3.12. The summed E-state index contributed by atoms with van der Waals surface area (Å²) >= 11 is 1.77. The Morgan fingerprint density at radius 3 is 2.40 bits per heavy atom. The lowest BCUT2D eigenvalue weighted by Crippen LogP contribution is -2.34. The molecule has 4 rings (SSSR count). The highest BCUT2D eigenvalue weighted by Gasteiger charge is 2.30. The smallest absolute Gasteiger partial charge is 0.323 e. The highest BCUT2D eigenvalue weighted by molar-refractivity contribution is 7.99. The van der Waals surface area contributed by atoms with Gasteiger partial charge in [-0.1, -0.05) is 42.5 Å². The highest BCUT2D eigenvalue weighted by atomic mass is 32.2. The van der Waals surface area contributed by atoms with Gasteiger partial charge < -0.3 is 19.7 Å². The fourth-order valence-electron chi connectivity index (χ4n) is 3.29. The molecule has 0 saturated carbocycles. The number of hydrogen-bond donors (Lipinski definition) is 1. The first-order chi connectivity index (χ1) is 14.7. The summed E-state index contributed by atoms with van der Waals surface area (Å²) in [5.41, 5.74) is 2.98. The van der Waals surface area contributed by atoms with Gasteiger partial charge in [-0.15, -0.1) is 11.8 Å². The van der Waals surface area contributed by atoms with Crippen molar-refractivity contribution in [2.75, 3.05) is 24.7 Å². The monoisotopic (exact) mass is 420 g/mol. The number of thioether (sulfide) groups is 1. The van der Waals surface area contributed by atoms with Crippen molar-refractivity contribution in [3.8, 4) is 11.5 Å². The molecule has 3 aromatic carbocycles. The third-order valence-electron chi connectivity index (χ3n) is 4.91. The first kappa shape index (κ1) is 20.2. The summed E-state index contributed by atoms with van der Waals surface area (Å²) < 4.78 is 11.0. The number of nitrogens with one attached hydrogen (secondary N) is 1. The average Bonchev–Trinajstić information content (AvgIpc) is 3.29. The summed E-state index contributed by atoms with van der Waals surface area (Å²) in [6.07, 6.45) is 0. The largest absolute Gasteiger partial charge is 0.497 e. The Morgan fingerprint density at radius 1 is 1.00 bits per heavy atom. The molecule has 6 heteroatoms. The molecule has 0 unspecified atom stereocenters. The quantitative estimate of drug-likeness (QED) is 0.568. The minimum Gasteiger partial charge on any atom is -0.497 e. The van der Waals surface area contributed by atoms with Gasteiger partial charge in [-0.25, -0.2) is 4.79 Å². The molecule has 1 atom stereocenters. The number of hydrogen-bond acceptors (Lipinski definition) is 4. The van der Waals surface area contributed by atoms with Gasteiger partial charge in [-0.2, -0.15) is 0 Å². The number of carbonyl (C=O) groups is 1. The lowest BCUT2D eigenvalue weighted by molar-refractivity contribution is 0.214. The SMILES string of the molecule is COc1ccc(NC(=O)N2CCS[C@@H]2c2ccc(OCc3ccccc3)cc2)cc1. The van der Waals surface area contributed by atoms with Crippen molar-refractivity contribution in [2.24, 2.45) is 0 Å². The predicted octanol–water partition coefficient (Wildman–Crippen LogP) is 5.55. The van der Waals surface area contributed by atoms with Gasteiger partial charge >= 0.3 is 6.03 Å². The second-order valence-electron chi connectivity index (χ2n) is 6.92. The Labute approximate surface area is 181 Å². The van der Waals surface area contributed by atoms with Crippen molar-refractivity contribution in [3.63, 3.8) is 0 Å². The number of ether oxygens (including phenoxy) is 2. The lowest BCUT2D eigenvalue weighted by Gasteiger charge is -2.24. The van der Waals surface area contributed by atoms with E-state index in [9.17, 15) is 4.79 Å². The Balaban J connectivity index is 1.38. The van der Waals surface area contributed by atoms with Crippen LogP contribution in [0.25, 0.3) is 0 Å². The Morgan fingerprint density at radius 2 is 1.70 bits per heavy atom. The van der Waals surface area contributed by atoms with E-state index in [-0.39, 0.29) is 11.4 Å². The van der Waals surface area contributed by atoms with Crippen molar-refractivity contribution in [1.29, 1.82) is 0 Å². The van der Waals surface area contributed by atoms with E-state index >= 15 is 0 Å². The van der Waals surface area contributed by atoms with Crippen molar-refractivity contribution >= 4 is 23.5 Å². The molecule has 1 aliphatic rings. The van der Waals surface area contributed by atoms with Crippen molar-refractivity contribution in [2.45, 2.75) is 12.0 Å². The number of benzene rings is 3. The summed E-state index contributed by atoms with van der Waals surface area (Å²) in [5, 5.41) is 2.97. The van der Waals surface area contributed by atoms with Crippen LogP contribution in [0.4, 0.5) is 10.5 Å². The average molecular weight is 421 g/mol. The van der Waals surface area contributed by atoms with Crippen LogP contribution < -0.4 is 14.8 Å². The van der Waals surface area contributed by atoms with Gasteiger partial charge in [0.2, 0.25) is 0 Å². The van der Waals surface area contributed by atoms with Crippen LogP contribution in [0.3, 0.4) is 0 Å². The van der Waals surface area contributed by atoms with Gasteiger partial charge in [0.1, 0.15) is 23.5 Å². The molecular formula is C24H24N2O3S. The predicted molar refractivity (Wildman–Crippen MR) is 121 cm³/mol. The van der Waals surface area contributed by atoms with Gasteiger partial charge in [0.15, 0.2) is 0 Å². The van der Waals surface area contributed by atoms with Crippen LogP contribution in [0, 0.1) is 0 Å². The Kier molecular flexibility index (Phi) is 6.44. The van der Waals surface area contributed by atoms with Gasteiger partial charge in [0, 0.05) is 18.0 Å². The zero-order chi connectivity index (χ0) is 20.8. The van der Waals surface area contributed by atoms with E-state index in [1.807, 2.05) is 83.8 Å². The molecule has 154 valence electrons. The number of rotatable bonds is 6. The maximum Gasteiger partial charge on any atom is 0.323 e. The summed E-state index contributed by atoms with van der Waals surface area (Å²) in [6.45, 7) is 1.25. The molecule has 0 radical (unpaired) electrons. The number of nitrogens with zero attached hydrogens (tertiary/aromatic N) is 1. The van der Waals surface area contributed by atoms with E-state index in [1.165, 1.54) is 0 Å². The minimum absolute atomic E-state index is 0.00794. The number of anilines is 1. The molecule has 30 heavy (non-hydrogen) atoms. The molecule has 1 fully saturated rings. The molecule has 3 aromatic rings. The highest BCUT2D eigenvalue weighted by Crippen LogP contribution is 2.38. The number of urea groups is 1. The number of carbonyl (C=O) groups excluding carboxylic acids is 1. The Bertz CT molecular complexity index is 962. The van der Waals surface area contributed by atoms with E-state index < -0.39 is 0 Å². The first-order valence-electron chi connectivity index (χ1n) is 9.83. The summed E-state index contributed by atoms with van der Waals surface area (Å²) in [7, 11) is 1.62. The first-order valence-corrected chi connectivity index (χ1v) is 10.9. The molecule has 1 heterocycles. The molecule has 1 N–H and O–H groups in total. The van der Waals surface area contributed by atoms with Gasteiger partial charge in [0.25, 0.3) is 0 Å². The summed E-state index contributed by atoms with van der Waals surface area (Å²) in [4.78, 5) is 14.7. The third kappa shape index (κ3) is 4.89. The summed E-state index contributed by atoms with van der Waals surface area (Å²) in [6, 6.07) is 25.4. The number of amides is 2. The van der Waals surface area contributed by atoms with Crippen molar-refractivity contribution in [1.82, 2.24) is 4.90 Å². The van der Waals surface area contributed by atoms with Gasteiger partial charge in [-0.05, 0) is 47.5 Å². The molecular weight excluding hydrogens is 396 g/mol. The van der Waals surface area contributed by atoms with E-state index in [0.717, 1.165) is 34.1 Å². The van der Waals surface area contributed by atoms with E-state index in [2.05, 4.69) is 5.32 Å². The molecule has 0 aromatic heterocycles. The van der Waals surface area contributed by atoms with E-state index in [0.29, 0.717) is 13.2 Å². The number of methoxy groups -OCH3 is 1. The van der Waals surface area contributed by atoms with Crippen LogP contribution >= 0.6 is 11.8 Å². The van der Waals surface area contributed by atoms with E-state index in [1.54, 1.807) is 18.9 Å². The summed E-state index contributed by atoms with van der Waals surface area (Å²) in [5.74, 6) is 2.49. The topological polar surface area (TPSA) is 50.8 Å². The lowest BCUT2D eigenvalue weighted by atomic mass is 10.2. The molecule has 1 saturated heterocycles. The fourth-order valence-corrected chi connectivity index (χ4v) is 4.55. The van der Waals surface area contributed by atoms with Gasteiger partial charge in [-0.3, -0.25) is 0 Å². The van der Waals surface area contributed by atoms with Gasteiger partial charge in [0.05, 0.1) is 7.11 Å². The van der Waals surface area contributed by atoms with Crippen LogP contribution in [-0.4, -0.2) is 30.3 Å². The maximum atomic E-state index is 12.8. The molecule has 5 nitrogen and oxygen atoms in total. The van der Waals surface area contributed by atoms with Crippen molar-refractivity contribution < 1.29 is 14.3 Å². The third-order valence-corrected chi connectivity index (χ3v) is 6.17. The molecule has 0 bridgehead atoms. The molecule has 2 amide bonds. The second kappa shape index (κ2) is 9.59. The van der Waals surface area contributed by atoms with E-state index in [4.69, 9.17) is 9.47 Å². The van der Waals surface area contributed by atoms with Crippen LogP contribution in [-0.2, 0) is 6.61 Å². The zero-order valence-corrected chi connectivity index (χ0v) is 17.6. The molecule has 1 aliphatic heterocycles. The van der Waals surface area contributed by atoms with Crippen LogP contribution in [0.5, 0.6) is 11.5 Å². The standard InChI is InChI=1S/C24H24N2O3S/c1-28-21-13-9-20(10-14-21)25-24(27)26-15-16-30-23(26)19-7-11-22(12-8-19)29-17-18-5-3-2-4-6-18/h2-14,23H,15-17H2,1H3,(H,25,27)/t23-/m1/s1. The zero-order valence-electron chi connectivity index (χ0n) is 16.8. The molecule has 0 aliphatic carbocycles. The van der Waals surface area contributed by atoms with Crippen LogP contribution in [0.2, 0.25) is 0 Å². The van der Waals surface area contributed by atoms with Crippen molar-refractivity contribution in [3.05, 3.63) is 90.0 Å². The van der Waals surface area contributed by atoms with Crippen LogP contribution in [0.1, 0.15) is 16.5 Å². The van der Waals surface area contributed by atoms with Crippen LogP contribution in [0.15, 0.2) is 78.9 Å². The fraction of sp³-hybridized carbons (Fsp3) is 0.208. The second-order valence-corrected chi connectivity index (χ2v) is 8.11. The minimum atomic E-state index is -0.0976. The maximum absolute atomic E-state index is 12.8.